The zero-order chi connectivity index (χ0) is 17.4. The van der Waals surface area contributed by atoms with Crippen molar-refractivity contribution in [3.8, 4) is 0 Å². The van der Waals surface area contributed by atoms with Gasteiger partial charge in [-0.2, -0.15) is 0 Å². The smallest absolute Gasteiger partial charge is 0.171 e. The Morgan fingerprint density at radius 3 is 2.54 bits per heavy atom. The molecule has 24 heavy (non-hydrogen) atoms. The van der Waals surface area contributed by atoms with E-state index in [2.05, 4.69) is 4.98 Å². The van der Waals surface area contributed by atoms with Crippen LogP contribution in [-0.4, -0.2) is 66.4 Å². The van der Waals surface area contributed by atoms with Gasteiger partial charge in [0.05, 0.1) is 17.6 Å². The van der Waals surface area contributed by atoms with Gasteiger partial charge in [-0.3, -0.25) is 0 Å². The summed E-state index contributed by atoms with van der Waals surface area (Å²) in [4.78, 5) is 4.59. The van der Waals surface area contributed by atoms with Gasteiger partial charge in [0.25, 0.3) is 0 Å². The molecule has 5 unspecified atom stereocenters. The number of thioether (sulfide) groups is 1. The van der Waals surface area contributed by atoms with E-state index < -0.39 is 36.5 Å². The first-order chi connectivity index (χ1) is 11.4. The third kappa shape index (κ3) is 3.05. The molecule has 1 fully saturated rings. The van der Waals surface area contributed by atoms with E-state index in [1.54, 1.807) is 0 Å². The number of aromatic nitrogens is 2. The summed E-state index contributed by atoms with van der Waals surface area (Å²) in [5.74, 6) is 0. The molecule has 1 aliphatic heterocycles. The summed E-state index contributed by atoms with van der Waals surface area (Å²) in [7, 11) is 0. The van der Waals surface area contributed by atoms with E-state index in [1.807, 2.05) is 42.7 Å². The van der Waals surface area contributed by atoms with E-state index >= 15 is 0 Å². The molecule has 1 aromatic heterocycles. The molecule has 2 heterocycles. The third-order valence-electron chi connectivity index (χ3n) is 4.15. The molecule has 3 rings (SSSR count). The summed E-state index contributed by atoms with van der Waals surface area (Å²) < 4.78 is 7.59. The van der Waals surface area contributed by atoms with Crippen molar-refractivity contribution in [1.82, 2.24) is 9.55 Å². The molecule has 0 bridgehead atoms. The van der Waals surface area contributed by atoms with Crippen LogP contribution in [0.3, 0.4) is 0 Å². The Morgan fingerprint density at radius 1 is 1.17 bits per heavy atom. The number of nitrogens with zero attached hydrogens (tertiary/aromatic N) is 2. The van der Waals surface area contributed by atoms with Gasteiger partial charge in [-0.15, -0.1) is 0 Å². The van der Waals surface area contributed by atoms with Crippen molar-refractivity contribution in [3.05, 3.63) is 24.3 Å². The van der Waals surface area contributed by atoms with Gasteiger partial charge in [0, 0.05) is 6.04 Å². The van der Waals surface area contributed by atoms with E-state index in [0.29, 0.717) is 5.16 Å². The maximum Gasteiger partial charge on any atom is 0.171 e. The van der Waals surface area contributed by atoms with Crippen LogP contribution >= 0.6 is 11.8 Å². The number of ether oxygens (including phenoxy) is 1. The quantitative estimate of drug-likeness (QED) is 0.633. The zero-order valence-electron chi connectivity index (χ0n) is 13.5. The molecular formula is C16H22N2O5S. The maximum absolute atomic E-state index is 10.2. The highest BCUT2D eigenvalue weighted by Gasteiger charge is 2.44. The fraction of sp³-hybridized carbons (Fsp3) is 0.562. The van der Waals surface area contributed by atoms with Crippen molar-refractivity contribution in [1.29, 1.82) is 0 Å². The van der Waals surface area contributed by atoms with Crippen molar-refractivity contribution in [2.45, 2.75) is 54.9 Å². The van der Waals surface area contributed by atoms with Gasteiger partial charge in [0.15, 0.2) is 5.16 Å². The minimum absolute atomic E-state index is 0.143. The number of aliphatic hydroxyl groups excluding tert-OH is 4. The predicted octanol–water partition coefficient (Wildman–Crippen LogP) is 0.509. The molecular weight excluding hydrogens is 332 g/mol. The van der Waals surface area contributed by atoms with Crippen LogP contribution in [0.2, 0.25) is 0 Å². The van der Waals surface area contributed by atoms with Crippen LogP contribution < -0.4 is 0 Å². The lowest BCUT2D eigenvalue weighted by Gasteiger charge is -2.39. The van der Waals surface area contributed by atoms with Crippen LogP contribution in [0.1, 0.15) is 19.9 Å². The van der Waals surface area contributed by atoms with Gasteiger partial charge in [-0.25, -0.2) is 4.98 Å². The molecule has 1 aliphatic rings. The number of imidazole rings is 1. The molecule has 8 heteroatoms. The molecule has 0 radical (unpaired) electrons. The molecule has 1 saturated heterocycles. The van der Waals surface area contributed by atoms with Gasteiger partial charge in [0.1, 0.15) is 29.9 Å². The Bertz CT molecular complexity index is 705. The van der Waals surface area contributed by atoms with E-state index in [0.717, 1.165) is 11.0 Å². The van der Waals surface area contributed by atoms with E-state index in [4.69, 9.17) is 4.74 Å². The fourth-order valence-electron chi connectivity index (χ4n) is 2.87. The largest absolute Gasteiger partial charge is 0.394 e. The molecule has 0 amide bonds. The SMILES string of the molecule is CC(C)n1c(SC2OC(CO)C(O)C(O)C2O)nc2ccccc21. The minimum Gasteiger partial charge on any atom is -0.394 e. The van der Waals surface area contributed by atoms with E-state index in [9.17, 15) is 20.4 Å². The van der Waals surface area contributed by atoms with Gasteiger partial charge in [-0.05, 0) is 26.0 Å². The summed E-state index contributed by atoms with van der Waals surface area (Å²) >= 11 is 1.18. The third-order valence-corrected chi connectivity index (χ3v) is 5.27. The fourth-order valence-corrected chi connectivity index (χ4v) is 4.15. The molecule has 1 aromatic carbocycles. The Labute approximate surface area is 143 Å². The molecule has 2 aromatic rings. The lowest BCUT2D eigenvalue weighted by atomic mass is 10.0. The highest BCUT2D eigenvalue weighted by molar-refractivity contribution is 7.99. The molecule has 4 N–H and O–H groups in total. The highest BCUT2D eigenvalue weighted by atomic mass is 32.2. The molecule has 0 aliphatic carbocycles. The number of fused-ring (bicyclic) bond motifs is 1. The Hall–Kier alpha value is -1.16. The van der Waals surface area contributed by atoms with E-state index in [1.165, 1.54) is 11.8 Å². The second-order valence-electron chi connectivity index (χ2n) is 6.16. The second-order valence-corrected chi connectivity index (χ2v) is 7.23. The van der Waals surface area contributed by atoms with Gasteiger partial charge >= 0.3 is 0 Å². The minimum atomic E-state index is -1.38. The van der Waals surface area contributed by atoms with Crippen LogP contribution in [0.25, 0.3) is 11.0 Å². The lowest BCUT2D eigenvalue weighted by Crippen LogP contribution is -2.57. The average molecular weight is 354 g/mol. The van der Waals surface area contributed by atoms with Crippen LogP contribution in [0, 0.1) is 0 Å². The first-order valence-corrected chi connectivity index (χ1v) is 8.76. The Morgan fingerprint density at radius 2 is 1.88 bits per heavy atom. The highest BCUT2D eigenvalue weighted by Crippen LogP contribution is 2.35. The summed E-state index contributed by atoms with van der Waals surface area (Å²) in [6.07, 6.45) is -4.94. The molecule has 5 atom stereocenters. The zero-order valence-corrected chi connectivity index (χ0v) is 14.3. The Kier molecular flexibility index (Phi) is 5.14. The van der Waals surface area contributed by atoms with Crippen LogP contribution in [0.4, 0.5) is 0 Å². The summed E-state index contributed by atoms with van der Waals surface area (Å²) in [5, 5.41) is 40.0. The standard InChI is InChI=1S/C16H22N2O5S/c1-8(2)18-10-6-4-3-5-9(10)17-16(18)24-15-14(22)13(21)12(20)11(7-19)23-15/h3-6,8,11-15,19-22H,7H2,1-2H3. The second kappa shape index (κ2) is 6.99. The van der Waals surface area contributed by atoms with E-state index in [-0.39, 0.29) is 6.04 Å². The lowest BCUT2D eigenvalue weighted by molar-refractivity contribution is -0.205. The van der Waals surface area contributed by atoms with Gasteiger partial charge < -0.3 is 29.7 Å². The van der Waals surface area contributed by atoms with Gasteiger partial charge in [0.2, 0.25) is 0 Å². The van der Waals surface area contributed by atoms with Crippen LogP contribution in [-0.2, 0) is 4.74 Å². The number of hydrogen-bond acceptors (Lipinski definition) is 7. The number of benzene rings is 1. The first-order valence-electron chi connectivity index (χ1n) is 7.88. The molecule has 0 saturated carbocycles. The van der Waals surface area contributed by atoms with Crippen molar-refractivity contribution in [2.24, 2.45) is 0 Å². The monoisotopic (exact) mass is 354 g/mol. The summed E-state index contributed by atoms with van der Waals surface area (Å²) in [6, 6.07) is 7.86. The topological polar surface area (TPSA) is 108 Å². The summed E-state index contributed by atoms with van der Waals surface area (Å²) in [5.41, 5.74) is 0.966. The summed E-state index contributed by atoms with van der Waals surface area (Å²) in [6.45, 7) is 3.62. The number of para-hydroxylation sites is 2. The van der Waals surface area contributed by atoms with Gasteiger partial charge in [-0.1, -0.05) is 23.9 Å². The van der Waals surface area contributed by atoms with Crippen molar-refractivity contribution in [3.63, 3.8) is 0 Å². The first kappa shape index (κ1) is 17.7. The Balaban J connectivity index is 1.93. The number of rotatable bonds is 4. The van der Waals surface area contributed by atoms with Crippen molar-refractivity contribution < 1.29 is 25.2 Å². The maximum atomic E-state index is 10.2. The van der Waals surface area contributed by atoms with Crippen molar-refractivity contribution in [2.75, 3.05) is 6.61 Å². The predicted molar refractivity (Wildman–Crippen MR) is 89.7 cm³/mol. The molecule has 132 valence electrons. The van der Waals surface area contributed by atoms with Crippen LogP contribution in [0.5, 0.6) is 0 Å². The molecule has 0 spiro atoms. The normalized spacial score (nSPS) is 31.0. The number of aliphatic hydroxyl groups is 4. The van der Waals surface area contributed by atoms with Crippen molar-refractivity contribution >= 4 is 22.8 Å². The molecule has 7 nitrogen and oxygen atoms in total. The number of hydrogen-bond donors (Lipinski definition) is 4. The van der Waals surface area contributed by atoms with Crippen LogP contribution in [0.15, 0.2) is 29.4 Å². The average Bonchev–Trinajstić information content (AvgIpc) is 2.93.